The molecule has 0 atom stereocenters. The maximum atomic E-state index is 11.7. The van der Waals surface area contributed by atoms with E-state index in [4.69, 9.17) is 9.47 Å². The Labute approximate surface area is 117 Å². The molecular formula is C17H14O3. The van der Waals surface area contributed by atoms with Gasteiger partial charge < -0.3 is 9.47 Å². The number of esters is 1. The highest BCUT2D eigenvalue weighted by Crippen LogP contribution is 2.29. The zero-order valence-electron chi connectivity index (χ0n) is 10.9. The Hall–Kier alpha value is -2.55. The van der Waals surface area contributed by atoms with E-state index in [0.29, 0.717) is 24.5 Å². The maximum absolute atomic E-state index is 11.7. The summed E-state index contributed by atoms with van der Waals surface area (Å²) in [5.41, 5.74) is 2.45. The third-order valence-electron chi connectivity index (χ3n) is 3.14. The van der Waals surface area contributed by atoms with Gasteiger partial charge in [0, 0.05) is 5.56 Å². The smallest absolute Gasteiger partial charge is 0.338 e. The lowest BCUT2D eigenvalue weighted by atomic mass is 10.1. The normalized spacial score (nSPS) is 13.8. The topological polar surface area (TPSA) is 35.5 Å². The number of carbonyl (C=O) groups excluding carboxylic acids is 1. The monoisotopic (exact) mass is 266 g/mol. The molecule has 0 radical (unpaired) electrons. The van der Waals surface area contributed by atoms with Gasteiger partial charge in [0.25, 0.3) is 0 Å². The van der Waals surface area contributed by atoms with Crippen molar-refractivity contribution in [3.63, 3.8) is 0 Å². The molecule has 0 spiro atoms. The molecule has 3 nitrogen and oxygen atoms in total. The maximum Gasteiger partial charge on any atom is 0.338 e. The summed E-state index contributed by atoms with van der Waals surface area (Å²) >= 11 is 0. The van der Waals surface area contributed by atoms with Crippen molar-refractivity contribution in [2.24, 2.45) is 0 Å². The number of ether oxygens (including phenoxy) is 2. The molecule has 0 amide bonds. The average molecular weight is 266 g/mol. The van der Waals surface area contributed by atoms with E-state index < -0.39 is 0 Å². The Balaban J connectivity index is 1.82. The first kappa shape index (κ1) is 12.5. The highest BCUT2D eigenvalue weighted by Gasteiger charge is 2.21. The van der Waals surface area contributed by atoms with Gasteiger partial charge in [0.1, 0.15) is 19.0 Å². The van der Waals surface area contributed by atoms with Gasteiger partial charge in [-0.1, -0.05) is 48.5 Å². The zero-order valence-corrected chi connectivity index (χ0v) is 10.9. The highest BCUT2D eigenvalue weighted by atomic mass is 16.5. The number of benzene rings is 2. The number of hydrogen-bond acceptors (Lipinski definition) is 3. The fraction of sp³-hybridized carbons (Fsp3) is 0.118. The van der Waals surface area contributed by atoms with E-state index in [9.17, 15) is 4.79 Å². The summed E-state index contributed by atoms with van der Waals surface area (Å²) in [7, 11) is 0. The number of carbonyl (C=O) groups is 1. The second-order valence-corrected chi connectivity index (χ2v) is 4.49. The van der Waals surface area contributed by atoms with E-state index >= 15 is 0 Å². The molecule has 3 heteroatoms. The molecule has 1 heterocycles. The van der Waals surface area contributed by atoms with Crippen LogP contribution in [0.3, 0.4) is 0 Å². The predicted octanol–water partition coefficient (Wildman–Crippen LogP) is 3.21. The third-order valence-corrected chi connectivity index (χ3v) is 3.14. The van der Waals surface area contributed by atoms with Crippen LogP contribution in [0.2, 0.25) is 0 Å². The molecule has 1 aliphatic heterocycles. The minimum absolute atomic E-state index is 0.291. The SMILES string of the molecule is O=C1OCC=C1c1ccccc1OCc1ccccc1. The molecule has 0 aliphatic carbocycles. The summed E-state index contributed by atoms with van der Waals surface area (Å²) in [6.07, 6.45) is 1.78. The molecule has 0 fully saturated rings. The van der Waals surface area contributed by atoms with Crippen LogP contribution in [-0.4, -0.2) is 12.6 Å². The van der Waals surface area contributed by atoms with Crippen molar-refractivity contribution in [1.82, 2.24) is 0 Å². The molecule has 0 saturated heterocycles. The quantitative estimate of drug-likeness (QED) is 0.797. The molecule has 0 bridgehead atoms. The van der Waals surface area contributed by atoms with E-state index in [2.05, 4.69) is 0 Å². The molecule has 0 unspecified atom stereocenters. The van der Waals surface area contributed by atoms with Crippen molar-refractivity contribution in [3.8, 4) is 5.75 Å². The average Bonchev–Trinajstić information content (AvgIpc) is 2.92. The van der Waals surface area contributed by atoms with Gasteiger partial charge in [0.2, 0.25) is 0 Å². The molecule has 2 aromatic rings. The Morgan fingerprint density at radius 1 is 1.00 bits per heavy atom. The summed E-state index contributed by atoms with van der Waals surface area (Å²) in [5.74, 6) is 0.405. The molecule has 0 saturated carbocycles. The van der Waals surface area contributed by atoms with Crippen LogP contribution in [0.1, 0.15) is 11.1 Å². The summed E-state index contributed by atoms with van der Waals surface area (Å²) in [4.78, 5) is 11.7. The van der Waals surface area contributed by atoms with Gasteiger partial charge in [-0.25, -0.2) is 4.79 Å². The van der Waals surface area contributed by atoms with Crippen LogP contribution in [0.4, 0.5) is 0 Å². The minimum Gasteiger partial charge on any atom is -0.488 e. The van der Waals surface area contributed by atoms with Crippen LogP contribution >= 0.6 is 0 Å². The lowest BCUT2D eigenvalue weighted by molar-refractivity contribution is -0.133. The molecule has 100 valence electrons. The predicted molar refractivity (Wildman–Crippen MR) is 76.2 cm³/mol. The summed E-state index contributed by atoms with van der Waals surface area (Å²) in [6.45, 7) is 0.807. The summed E-state index contributed by atoms with van der Waals surface area (Å²) in [5, 5.41) is 0. The van der Waals surface area contributed by atoms with Crippen LogP contribution in [0.15, 0.2) is 60.7 Å². The van der Waals surface area contributed by atoms with Crippen molar-refractivity contribution < 1.29 is 14.3 Å². The lowest BCUT2D eigenvalue weighted by Crippen LogP contribution is -2.02. The first-order valence-electron chi connectivity index (χ1n) is 6.48. The van der Waals surface area contributed by atoms with Crippen molar-refractivity contribution in [2.45, 2.75) is 6.61 Å². The fourth-order valence-electron chi connectivity index (χ4n) is 2.13. The molecule has 2 aromatic carbocycles. The van der Waals surface area contributed by atoms with Crippen molar-refractivity contribution >= 4 is 11.5 Å². The van der Waals surface area contributed by atoms with Gasteiger partial charge in [-0.05, 0) is 17.7 Å². The van der Waals surface area contributed by atoms with Crippen LogP contribution in [-0.2, 0) is 16.1 Å². The number of para-hydroxylation sites is 1. The minimum atomic E-state index is -0.291. The number of hydrogen-bond donors (Lipinski definition) is 0. The van der Waals surface area contributed by atoms with E-state index in [-0.39, 0.29) is 5.97 Å². The van der Waals surface area contributed by atoms with Gasteiger partial charge in [-0.15, -0.1) is 0 Å². The van der Waals surface area contributed by atoms with Crippen LogP contribution < -0.4 is 4.74 Å². The van der Waals surface area contributed by atoms with Gasteiger partial charge in [-0.2, -0.15) is 0 Å². The first-order chi connectivity index (χ1) is 9.84. The van der Waals surface area contributed by atoms with Crippen LogP contribution in [0.25, 0.3) is 5.57 Å². The zero-order chi connectivity index (χ0) is 13.8. The first-order valence-corrected chi connectivity index (χ1v) is 6.48. The summed E-state index contributed by atoms with van der Waals surface area (Å²) < 4.78 is 10.8. The van der Waals surface area contributed by atoms with Crippen molar-refractivity contribution in [1.29, 1.82) is 0 Å². The van der Waals surface area contributed by atoms with E-state index in [1.165, 1.54) is 0 Å². The van der Waals surface area contributed by atoms with E-state index in [0.717, 1.165) is 11.1 Å². The van der Waals surface area contributed by atoms with Gasteiger partial charge in [0.15, 0.2) is 0 Å². The van der Waals surface area contributed by atoms with E-state index in [1.807, 2.05) is 54.6 Å². The second kappa shape index (κ2) is 5.61. The number of cyclic esters (lactones) is 1. The lowest BCUT2D eigenvalue weighted by Gasteiger charge is -2.11. The highest BCUT2D eigenvalue weighted by molar-refractivity contribution is 6.18. The van der Waals surface area contributed by atoms with Gasteiger partial charge >= 0.3 is 5.97 Å². The molecule has 1 aliphatic rings. The van der Waals surface area contributed by atoms with Gasteiger partial charge in [-0.3, -0.25) is 0 Å². The van der Waals surface area contributed by atoms with Crippen LogP contribution in [0.5, 0.6) is 5.75 Å². The molecule has 20 heavy (non-hydrogen) atoms. The second-order valence-electron chi connectivity index (χ2n) is 4.49. The standard InChI is InChI=1S/C17H14O3/c18-17-15(10-11-19-17)14-8-4-5-9-16(14)20-12-13-6-2-1-3-7-13/h1-10H,11-12H2. The molecular weight excluding hydrogens is 252 g/mol. The number of rotatable bonds is 4. The Morgan fingerprint density at radius 3 is 2.50 bits per heavy atom. The Bertz CT molecular complexity index is 644. The van der Waals surface area contributed by atoms with Crippen molar-refractivity contribution in [3.05, 3.63) is 71.8 Å². The summed E-state index contributed by atoms with van der Waals surface area (Å²) in [6, 6.07) is 17.4. The fourth-order valence-corrected chi connectivity index (χ4v) is 2.13. The molecule has 0 aromatic heterocycles. The molecule has 3 rings (SSSR count). The third kappa shape index (κ3) is 2.57. The molecule has 0 N–H and O–H groups in total. The van der Waals surface area contributed by atoms with Crippen molar-refractivity contribution in [2.75, 3.05) is 6.61 Å². The van der Waals surface area contributed by atoms with Gasteiger partial charge in [0.05, 0.1) is 5.57 Å². The largest absolute Gasteiger partial charge is 0.488 e. The van der Waals surface area contributed by atoms with E-state index in [1.54, 1.807) is 6.08 Å². The Kier molecular flexibility index (Phi) is 3.50. The van der Waals surface area contributed by atoms with Crippen LogP contribution in [0, 0.1) is 0 Å². The Morgan fingerprint density at radius 2 is 1.75 bits per heavy atom.